The molecule has 1 unspecified atom stereocenters. The van der Waals surface area contributed by atoms with Crippen molar-refractivity contribution < 1.29 is 14.4 Å². The van der Waals surface area contributed by atoms with Crippen molar-refractivity contribution in [2.75, 3.05) is 25.1 Å². The maximum Gasteiger partial charge on any atom is 0.372 e. The minimum absolute atomic E-state index is 0.00560. The fraction of sp³-hybridized carbons (Fsp3) is 0.667. The fourth-order valence-electron chi connectivity index (χ4n) is 2.07. The van der Waals surface area contributed by atoms with E-state index in [1.807, 2.05) is 6.92 Å². The predicted molar refractivity (Wildman–Crippen MR) is 71.9 cm³/mol. The van der Waals surface area contributed by atoms with Crippen molar-refractivity contribution in [1.82, 2.24) is 9.97 Å². The Morgan fingerprint density at radius 3 is 2.85 bits per heavy atom. The summed E-state index contributed by atoms with van der Waals surface area (Å²) in [6, 6.07) is 0. The van der Waals surface area contributed by atoms with Gasteiger partial charge in [-0.1, -0.05) is 0 Å². The summed E-state index contributed by atoms with van der Waals surface area (Å²) in [6.45, 7) is 5.08. The molecule has 110 valence electrons. The minimum Gasteiger partial charge on any atom is -0.473 e. The van der Waals surface area contributed by atoms with Crippen LogP contribution < -0.4 is 10.1 Å². The normalized spacial score (nSPS) is 18.0. The van der Waals surface area contributed by atoms with Crippen molar-refractivity contribution in [2.45, 2.75) is 32.8 Å². The molecule has 1 fully saturated rings. The molecule has 1 aromatic heterocycles. The Hall–Kier alpha value is -1.96. The number of nitro groups is 1. The number of ether oxygens (including phenoxy) is 2. The zero-order chi connectivity index (χ0) is 14.5. The van der Waals surface area contributed by atoms with E-state index in [1.54, 1.807) is 6.92 Å². The molecule has 1 N–H and O–H groups in total. The molecule has 2 rings (SSSR count). The molecule has 0 bridgehead atoms. The van der Waals surface area contributed by atoms with Crippen LogP contribution in [0.2, 0.25) is 0 Å². The highest BCUT2D eigenvalue weighted by atomic mass is 16.6. The van der Waals surface area contributed by atoms with Crippen LogP contribution in [0.25, 0.3) is 0 Å². The fourth-order valence-corrected chi connectivity index (χ4v) is 2.07. The Kier molecular flexibility index (Phi) is 4.67. The summed E-state index contributed by atoms with van der Waals surface area (Å²) in [5.41, 5.74) is -0.226. The van der Waals surface area contributed by atoms with Gasteiger partial charge in [0, 0.05) is 13.2 Å². The standard InChI is InChI=1S/C12H18N4O4/c1-3-13-11-9(16(17)18)12(19-4-2)15-10(14-11)8-6-5-7-20-8/h8H,3-7H2,1-2H3,(H,13,14,15). The predicted octanol–water partition coefficient (Wildman–Crippen LogP) is 2.07. The molecule has 0 amide bonds. The van der Waals surface area contributed by atoms with Crippen molar-refractivity contribution in [2.24, 2.45) is 0 Å². The highest BCUT2D eigenvalue weighted by Gasteiger charge is 2.29. The van der Waals surface area contributed by atoms with Gasteiger partial charge in [0.1, 0.15) is 6.10 Å². The average Bonchev–Trinajstić information content (AvgIpc) is 2.92. The van der Waals surface area contributed by atoms with Gasteiger partial charge in [0.2, 0.25) is 5.82 Å². The van der Waals surface area contributed by atoms with E-state index in [1.165, 1.54) is 0 Å². The minimum atomic E-state index is -0.526. The van der Waals surface area contributed by atoms with E-state index in [4.69, 9.17) is 9.47 Å². The molecule has 1 aliphatic rings. The molecule has 1 saturated heterocycles. The van der Waals surface area contributed by atoms with Crippen LogP contribution in [0.3, 0.4) is 0 Å². The van der Waals surface area contributed by atoms with Crippen molar-refractivity contribution >= 4 is 11.5 Å². The largest absolute Gasteiger partial charge is 0.473 e. The molecule has 0 radical (unpaired) electrons. The lowest BCUT2D eigenvalue weighted by Gasteiger charge is -2.13. The number of aromatic nitrogens is 2. The zero-order valence-electron chi connectivity index (χ0n) is 11.6. The van der Waals surface area contributed by atoms with Gasteiger partial charge in [0.15, 0.2) is 5.82 Å². The first-order valence-corrected chi connectivity index (χ1v) is 6.72. The second-order valence-corrected chi connectivity index (χ2v) is 4.31. The quantitative estimate of drug-likeness (QED) is 0.629. The summed E-state index contributed by atoms with van der Waals surface area (Å²) in [4.78, 5) is 19.1. The van der Waals surface area contributed by atoms with Gasteiger partial charge < -0.3 is 14.8 Å². The van der Waals surface area contributed by atoms with Crippen LogP contribution in [-0.4, -0.2) is 34.6 Å². The Balaban J connectivity index is 2.46. The summed E-state index contributed by atoms with van der Waals surface area (Å²) < 4.78 is 10.8. The molecular formula is C12H18N4O4. The summed E-state index contributed by atoms with van der Waals surface area (Å²) in [5, 5.41) is 14.1. The lowest BCUT2D eigenvalue weighted by atomic mass is 10.2. The molecule has 0 aliphatic carbocycles. The first kappa shape index (κ1) is 14.4. The van der Waals surface area contributed by atoms with Crippen LogP contribution in [-0.2, 0) is 4.74 Å². The average molecular weight is 282 g/mol. The molecule has 8 nitrogen and oxygen atoms in total. The third kappa shape index (κ3) is 2.96. The van der Waals surface area contributed by atoms with Gasteiger partial charge in [0.05, 0.1) is 11.5 Å². The Morgan fingerprint density at radius 2 is 2.30 bits per heavy atom. The Labute approximate surface area is 116 Å². The van der Waals surface area contributed by atoms with E-state index in [0.717, 1.165) is 12.8 Å². The maximum atomic E-state index is 11.2. The topological polar surface area (TPSA) is 99.4 Å². The third-order valence-electron chi connectivity index (χ3n) is 2.89. The molecule has 0 aromatic carbocycles. The summed E-state index contributed by atoms with van der Waals surface area (Å²) in [6.07, 6.45) is 1.54. The van der Waals surface area contributed by atoms with Crippen LogP contribution in [0.15, 0.2) is 0 Å². The first-order chi connectivity index (χ1) is 9.67. The van der Waals surface area contributed by atoms with Crippen LogP contribution in [0.4, 0.5) is 11.5 Å². The number of nitrogens with one attached hydrogen (secondary N) is 1. The molecule has 1 aromatic rings. The molecule has 20 heavy (non-hydrogen) atoms. The summed E-state index contributed by atoms with van der Waals surface area (Å²) in [5.74, 6) is 0.614. The summed E-state index contributed by atoms with van der Waals surface area (Å²) in [7, 11) is 0. The highest BCUT2D eigenvalue weighted by molar-refractivity contribution is 5.61. The molecule has 2 heterocycles. The SMILES string of the molecule is CCNc1nc(C2CCCO2)nc(OCC)c1[N+](=O)[O-]. The van der Waals surface area contributed by atoms with Crippen molar-refractivity contribution in [3.63, 3.8) is 0 Å². The first-order valence-electron chi connectivity index (χ1n) is 6.72. The smallest absolute Gasteiger partial charge is 0.372 e. The van der Waals surface area contributed by atoms with Gasteiger partial charge in [-0.3, -0.25) is 10.1 Å². The van der Waals surface area contributed by atoms with E-state index >= 15 is 0 Å². The van der Waals surface area contributed by atoms with Crippen molar-refractivity contribution in [3.8, 4) is 5.88 Å². The molecule has 1 aliphatic heterocycles. The van der Waals surface area contributed by atoms with E-state index in [0.29, 0.717) is 25.6 Å². The lowest BCUT2D eigenvalue weighted by Crippen LogP contribution is -2.12. The molecule has 8 heteroatoms. The Morgan fingerprint density at radius 1 is 1.50 bits per heavy atom. The lowest BCUT2D eigenvalue weighted by molar-refractivity contribution is -0.385. The van der Waals surface area contributed by atoms with Crippen LogP contribution >= 0.6 is 0 Å². The Bertz CT molecular complexity index is 461. The van der Waals surface area contributed by atoms with Crippen molar-refractivity contribution in [3.05, 3.63) is 15.9 Å². The second kappa shape index (κ2) is 6.47. The number of nitrogens with zero attached hydrogens (tertiary/aromatic N) is 3. The number of hydrogen-bond donors (Lipinski definition) is 1. The third-order valence-corrected chi connectivity index (χ3v) is 2.89. The van der Waals surface area contributed by atoms with Gasteiger partial charge in [-0.2, -0.15) is 4.98 Å². The van der Waals surface area contributed by atoms with E-state index < -0.39 is 4.92 Å². The van der Waals surface area contributed by atoms with E-state index in [9.17, 15) is 10.1 Å². The maximum absolute atomic E-state index is 11.2. The summed E-state index contributed by atoms with van der Waals surface area (Å²) >= 11 is 0. The van der Waals surface area contributed by atoms with E-state index in [-0.39, 0.29) is 23.5 Å². The van der Waals surface area contributed by atoms with Gasteiger partial charge >= 0.3 is 5.69 Å². The highest BCUT2D eigenvalue weighted by Crippen LogP contribution is 2.35. The van der Waals surface area contributed by atoms with Crippen LogP contribution in [0.1, 0.15) is 38.6 Å². The number of hydrogen-bond acceptors (Lipinski definition) is 7. The molecule has 0 saturated carbocycles. The second-order valence-electron chi connectivity index (χ2n) is 4.31. The van der Waals surface area contributed by atoms with Gasteiger partial charge in [0.25, 0.3) is 5.88 Å². The van der Waals surface area contributed by atoms with Gasteiger partial charge in [-0.15, -0.1) is 0 Å². The van der Waals surface area contributed by atoms with Gasteiger partial charge in [-0.25, -0.2) is 4.98 Å². The van der Waals surface area contributed by atoms with Crippen LogP contribution in [0.5, 0.6) is 5.88 Å². The monoisotopic (exact) mass is 282 g/mol. The number of anilines is 1. The van der Waals surface area contributed by atoms with Gasteiger partial charge in [-0.05, 0) is 26.7 Å². The van der Waals surface area contributed by atoms with E-state index in [2.05, 4.69) is 15.3 Å². The molecule has 1 atom stereocenters. The zero-order valence-corrected chi connectivity index (χ0v) is 11.6. The van der Waals surface area contributed by atoms with Crippen LogP contribution in [0, 0.1) is 10.1 Å². The molecular weight excluding hydrogens is 264 g/mol. The number of rotatable bonds is 6. The molecule has 0 spiro atoms. The van der Waals surface area contributed by atoms with Crippen molar-refractivity contribution in [1.29, 1.82) is 0 Å².